The smallest absolute Gasteiger partial charge is 0.261 e. The number of hydrogen-bond donors (Lipinski definition) is 2. The summed E-state index contributed by atoms with van der Waals surface area (Å²) in [6.07, 6.45) is 3.00. The summed E-state index contributed by atoms with van der Waals surface area (Å²) in [7, 11) is 0. The van der Waals surface area contributed by atoms with Crippen molar-refractivity contribution in [2.75, 3.05) is 0 Å². The molecule has 0 unspecified atom stereocenters. The number of aryl methyl sites for hydroxylation is 3. The van der Waals surface area contributed by atoms with Crippen LogP contribution in [0.3, 0.4) is 0 Å². The molecule has 0 spiro atoms. The number of nitrogens with one attached hydrogen (secondary N) is 1. The Morgan fingerprint density at radius 3 is 2.55 bits per heavy atom. The van der Waals surface area contributed by atoms with Crippen LogP contribution in [0.1, 0.15) is 52.4 Å². The minimum absolute atomic E-state index is 0.0288. The molecule has 1 amide bonds. The summed E-state index contributed by atoms with van der Waals surface area (Å²) >= 11 is 1.44. The zero-order valence-corrected chi connectivity index (χ0v) is 14.0. The van der Waals surface area contributed by atoms with E-state index in [1.165, 1.54) is 11.3 Å². The maximum Gasteiger partial charge on any atom is 0.261 e. The van der Waals surface area contributed by atoms with Crippen molar-refractivity contribution >= 4 is 27.5 Å². The lowest BCUT2D eigenvalue weighted by atomic mass is 9.93. The fourth-order valence-corrected chi connectivity index (χ4v) is 4.34. The second-order valence-corrected chi connectivity index (χ2v) is 7.07. The summed E-state index contributed by atoms with van der Waals surface area (Å²) in [5, 5.41) is 13.7. The van der Waals surface area contributed by atoms with Crippen LogP contribution in [-0.4, -0.2) is 33.1 Å². The third kappa shape index (κ3) is 2.85. The Hall–Kier alpha value is -1.53. The van der Waals surface area contributed by atoms with Gasteiger partial charge in [0.15, 0.2) is 0 Å². The van der Waals surface area contributed by atoms with Crippen LogP contribution >= 0.6 is 11.3 Å². The normalized spacial score (nSPS) is 22.0. The summed E-state index contributed by atoms with van der Waals surface area (Å²) in [4.78, 5) is 23.0. The number of hydrogen-bond acceptors (Lipinski definition) is 5. The number of carbonyl (C=O) groups is 1. The molecule has 0 aliphatic heterocycles. The molecule has 1 aliphatic carbocycles. The van der Waals surface area contributed by atoms with Gasteiger partial charge in [0.05, 0.1) is 11.0 Å². The Labute approximate surface area is 133 Å². The number of aromatic nitrogens is 2. The SMILES string of the molecule is Cc1nc(C)c2c(C)c(C(=O)NC3CCC(O)CC3)sc2n1. The lowest BCUT2D eigenvalue weighted by molar-refractivity contribution is 0.0871. The second-order valence-electron chi connectivity index (χ2n) is 6.07. The predicted molar refractivity (Wildman–Crippen MR) is 87.4 cm³/mol. The molecule has 2 N–H and O–H groups in total. The van der Waals surface area contributed by atoms with Gasteiger partial charge < -0.3 is 10.4 Å². The van der Waals surface area contributed by atoms with E-state index in [4.69, 9.17) is 0 Å². The van der Waals surface area contributed by atoms with Gasteiger partial charge in [0.25, 0.3) is 5.91 Å². The van der Waals surface area contributed by atoms with Crippen molar-refractivity contribution in [1.82, 2.24) is 15.3 Å². The summed E-state index contributed by atoms with van der Waals surface area (Å²) in [6, 6.07) is 0.162. The summed E-state index contributed by atoms with van der Waals surface area (Å²) < 4.78 is 0. The molecule has 3 rings (SSSR count). The molecule has 6 heteroatoms. The van der Waals surface area contributed by atoms with Crippen LogP contribution in [0.5, 0.6) is 0 Å². The number of rotatable bonds is 2. The van der Waals surface area contributed by atoms with Crippen LogP contribution in [0.4, 0.5) is 0 Å². The molecule has 0 saturated heterocycles. The lowest BCUT2D eigenvalue weighted by Crippen LogP contribution is -2.38. The number of amides is 1. The van der Waals surface area contributed by atoms with Crippen LogP contribution < -0.4 is 5.32 Å². The van der Waals surface area contributed by atoms with Crippen molar-refractivity contribution in [1.29, 1.82) is 0 Å². The first kappa shape index (κ1) is 15.4. The van der Waals surface area contributed by atoms with E-state index in [1.807, 2.05) is 20.8 Å². The van der Waals surface area contributed by atoms with Gasteiger partial charge in [0.2, 0.25) is 0 Å². The monoisotopic (exact) mass is 319 g/mol. The Morgan fingerprint density at radius 1 is 1.18 bits per heavy atom. The zero-order valence-electron chi connectivity index (χ0n) is 13.1. The highest BCUT2D eigenvalue weighted by molar-refractivity contribution is 7.20. The van der Waals surface area contributed by atoms with Gasteiger partial charge in [-0.3, -0.25) is 4.79 Å². The topological polar surface area (TPSA) is 75.1 Å². The van der Waals surface area contributed by atoms with Gasteiger partial charge in [-0.15, -0.1) is 11.3 Å². The van der Waals surface area contributed by atoms with E-state index < -0.39 is 0 Å². The van der Waals surface area contributed by atoms with E-state index in [0.29, 0.717) is 0 Å². The maximum absolute atomic E-state index is 12.6. The molecule has 0 radical (unpaired) electrons. The fraction of sp³-hybridized carbons (Fsp3) is 0.562. The van der Waals surface area contributed by atoms with E-state index in [0.717, 1.165) is 57.9 Å². The van der Waals surface area contributed by atoms with Crippen molar-refractivity contribution in [3.8, 4) is 0 Å². The molecular formula is C16H21N3O2S. The number of nitrogens with zero attached hydrogens (tertiary/aromatic N) is 2. The zero-order chi connectivity index (χ0) is 15.9. The quantitative estimate of drug-likeness (QED) is 0.892. The Bertz CT molecular complexity index is 718. The molecule has 2 aromatic rings. The molecule has 5 nitrogen and oxygen atoms in total. The highest BCUT2D eigenvalue weighted by Gasteiger charge is 2.24. The van der Waals surface area contributed by atoms with Gasteiger partial charge in [-0.05, 0) is 52.0 Å². The van der Waals surface area contributed by atoms with Gasteiger partial charge in [-0.25, -0.2) is 9.97 Å². The average Bonchev–Trinajstić information content (AvgIpc) is 2.78. The average molecular weight is 319 g/mol. The third-order valence-electron chi connectivity index (χ3n) is 4.32. The van der Waals surface area contributed by atoms with Gasteiger partial charge in [0, 0.05) is 17.1 Å². The van der Waals surface area contributed by atoms with Crippen LogP contribution in [0.15, 0.2) is 0 Å². The predicted octanol–water partition coefficient (Wildman–Crippen LogP) is 2.65. The van der Waals surface area contributed by atoms with Crippen molar-refractivity contribution in [3.05, 3.63) is 22.0 Å². The molecule has 22 heavy (non-hydrogen) atoms. The lowest BCUT2D eigenvalue weighted by Gasteiger charge is -2.26. The minimum atomic E-state index is -0.208. The second kappa shape index (κ2) is 5.93. The van der Waals surface area contributed by atoms with Crippen molar-refractivity contribution < 1.29 is 9.90 Å². The first-order valence-electron chi connectivity index (χ1n) is 7.69. The molecule has 1 fully saturated rings. The largest absolute Gasteiger partial charge is 0.393 e. The van der Waals surface area contributed by atoms with Gasteiger partial charge in [0.1, 0.15) is 10.7 Å². The molecule has 0 bridgehead atoms. The standard InChI is InChI=1S/C16H21N3O2S/c1-8-13-9(2)17-10(3)18-16(13)22-14(8)15(21)19-11-4-6-12(20)7-5-11/h11-12,20H,4-7H2,1-3H3,(H,19,21). The molecule has 2 aromatic heterocycles. The Morgan fingerprint density at radius 2 is 1.86 bits per heavy atom. The van der Waals surface area contributed by atoms with E-state index in [1.54, 1.807) is 0 Å². The van der Waals surface area contributed by atoms with Crippen molar-refractivity contribution in [3.63, 3.8) is 0 Å². The van der Waals surface area contributed by atoms with Crippen LogP contribution in [0.2, 0.25) is 0 Å². The molecule has 2 heterocycles. The fourth-order valence-electron chi connectivity index (χ4n) is 3.16. The Balaban J connectivity index is 1.85. The summed E-state index contributed by atoms with van der Waals surface area (Å²) in [6.45, 7) is 5.79. The van der Waals surface area contributed by atoms with Gasteiger partial charge in [-0.2, -0.15) is 0 Å². The van der Waals surface area contributed by atoms with Crippen LogP contribution in [0, 0.1) is 20.8 Å². The molecule has 118 valence electrons. The number of thiophene rings is 1. The van der Waals surface area contributed by atoms with Gasteiger partial charge in [-0.1, -0.05) is 0 Å². The van der Waals surface area contributed by atoms with E-state index in [2.05, 4.69) is 15.3 Å². The van der Waals surface area contributed by atoms with E-state index >= 15 is 0 Å². The number of carbonyl (C=O) groups excluding carboxylic acids is 1. The molecular weight excluding hydrogens is 298 g/mol. The number of aliphatic hydroxyl groups excluding tert-OH is 1. The minimum Gasteiger partial charge on any atom is -0.393 e. The molecule has 0 atom stereocenters. The number of fused-ring (bicyclic) bond motifs is 1. The summed E-state index contributed by atoms with van der Waals surface area (Å²) in [5.74, 6) is 0.707. The van der Waals surface area contributed by atoms with Crippen LogP contribution in [0.25, 0.3) is 10.2 Å². The molecule has 0 aromatic carbocycles. The van der Waals surface area contributed by atoms with E-state index in [-0.39, 0.29) is 18.1 Å². The Kier molecular flexibility index (Phi) is 4.14. The summed E-state index contributed by atoms with van der Waals surface area (Å²) in [5.41, 5.74) is 1.89. The van der Waals surface area contributed by atoms with E-state index in [9.17, 15) is 9.90 Å². The van der Waals surface area contributed by atoms with Crippen molar-refractivity contribution in [2.45, 2.75) is 58.6 Å². The highest BCUT2D eigenvalue weighted by atomic mass is 32.1. The molecule has 1 aliphatic rings. The first-order chi connectivity index (χ1) is 10.5. The molecule has 1 saturated carbocycles. The van der Waals surface area contributed by atoms with Crippen LogP contribution in [-0.2, 0) is 0 Å². The maximum atomic E-state index is 12.6. The highest BCUT2D eigenvalue weighted by Crippen LogP contribution is 2.31. The van der Waals surface area contributed by atoms with Crippen molar-refractivity contribution in [2.24, 2.45) is 0 Å². The first-order valence-corrected chi connectivity index (χ1v) is 8.50. The van der Waals surface area contributed by atoms with Gasteiger partial charge >= 0.3 is 0 Å². The third-order valence-corrected chi connectivity index (χ3v) is 5.51. The number of aliphatic hydroxyl groups is 1.